The van der Waals surface area contributed by atoms with Crippen molar-refractivity contribution in [1.82, 2.24) is 20.7 Å². The van der Waals surface area contributed by atoms with Crippen LogP contribution in [0.5, 0.6) is 5.75 Å². The summed E-state index contributed by atoms with van der Waals surface area (Å²) in [6.07, 6.45) is 4.02. The Balaban J connectivity index is 1.15. The maximum Gasteiger partial charge on any atom is 0.247 e. The number of likely N-dealkylation sites (tertiary alicyclic amines) is 1. The summed E-state index contributed by atoms with van der Waals surface area (Å²) < 4.78 is 21.3. The van der Waals surface area contributed by atoms with Crippen molar-refractivity contribution in [2.24, 2.45) is 11.3 Å². The van der Waals surface area contributed by atoms with Crippen LogP contribution in [0.4, 0.5) is 4.39 Å². The highest BCUT2D eigenvalue weighted by atomic mass is 19.1. The molecule has 44 heavy (non-hydrogen) atoms. The molecule has 4 aromatic rings. The topological polar surface area (TPSA) is 104 Å². The Morgan fingerprint density at radius 2 is 1.77 bits per heavy atom. The first-order valence-corrected chi connectivity index (χ1v) is 15.3. The van der Waals surface area contributed by atoms with Crippen LogP contribution in [0.3, 0.4) is 0 Å². The maximum atomic E-state index is 15.4. The molecule has 228 valence electrons. The standard InChI is InChI=1S/C35H37FN4O4/c36-29-19-24(21-35(22-28(35)33(41)39-43)34(42)37-15-18-40-16-7-2-8-17-40)13-14-32(29)44-23-26-20-31(25-9-3-1-4-10-25)38-30-12-6-5-11-27(26)30/h1,3-6,9-14,19-20,28,43H,2,7-8,15-18,21-23H2,(H,37,42)(H,39,41)/t28-,35+/m1/s1. The Kier molecular flexibility index (Phi) is 8.86. The number of ether oxygens (including phenoxy) is 1. The molecule has 0 unspecified atom stereocenters. The average molecular weight is 597 g/mol. The zero-order valence-electron chi connectivity index (χ0n) is 24.6. The highest BCUT2D eigenvalue weighted by molar-refractivity contribution is 5.95. The monoisotopic (exact) mass is 596 g/mol. The minimum absolute atomic E-state index is 0.0939. The molecule has 2 fully saturated rings. The summed E-state index contributed by atoms with van der Waals surface area (Å²) in [5.74, 6) is -1.98. The van der Waals surface area contributed by atoms with E-state index >= 15 is 4.39 Å². The molecule has 2 aliphatic rings. The summed E-state index contributed by atoms with van der Waals surface area (Å²) in [6.45, 7) is 3.41. The number of nitrogens with one attached hydrogen (secondary N) is 2. The number of piperidine rings is 1. The van der Waals surface area contributed by atoms with Crippen molar-refractivity contribution in [2.45, 2.75) is 38.7 Å². The summed E-state index contributed by atoms with van der Waals surface area (Å²) in [5.41, 5.74) is 4.73. The third-order valence-electron chi connectivity index (χ3n) is 8.89. The van der Waals surface area contributed by atoms with Crippen molar-refractivity contribution in [1.29, 1.82) is 0 Å². The van der Waals surface area contributed by atoms with Crippen LogP contribution in [0, 0.1) is 17.2 Å². The van der Waals surface area contributed by atoms with Gasteiger partial charge in [-0.15, -0.1) is 0 Å². The van der Waals surface area contributed by atoms with E-state index in [1.54, 1.807) is 17.6 Å². The van der Waals surface area contributed by atoms with Crippen LogP contribution >= 0.6 is 0 Å². The maximum absolute atomic E-state index is 15.4. The van der Waals surface area contributed by atoms with E-state index in [9.17, 15) is 14.8 Å². The fourth-order valence-corrected chi connectivity index (χ4v) is 6.35. The van der Waals surface area contributed by atoms with Crippen LogP contribution in [-0.4, -0.2) is 53.1 Å². The number of pyridine rings is 1. The van der Waals surface area contributed by atoms with E-state index in [1.165, 1.54) is 12.5 Å². The number of hydrogen-bond acceptors (Lipinski definition) is 6. The van der Waals surface area contributed by atoms with Gasteiger partial charge < -0.3 is 15.0 Å². The van der Waals surface area contributed by atoms with Crippen LogP contribution in [0.1, 0.15) is 36.8 Å². The first-order valence-electron chi connectivity index (χ1n) is 15.3. The number of nitrogens with zero attached hydrogens (tertiary/aromatic N) is 2. The van der Waals surface area contributed by atoms with Gasteiger partial charge >= 0.3 is 0 Å². The number of carbonyl (C=O) groups excluding carboxylic acids is 2. The number of benzene rings is 3. The van der Waals surface area contributed by atoms with Crippen molar-refractivity contribution < 1.29 is 23.9 Å². The predicted molar refractivity (Wildman–Crippen MR) is 165 cm³/mol. The second-order valence-corrected chi connectivity index (χ2v) is 11.8. The van der Waals surface area contributed by atoms with Gasteiger partial charge in [0.05, 0.1) is 22.5 Å². The molecule has 6 rings (SSSR count). The predicted octanol–water partition coefficient (Wildman–Crippen LogP) is 5.28. The normalized spacial score (nSPS) is 19.8. The van der Waals surface area contributed by atoms with E-state index in [2.05, 4.69) is 10.2 Å². The minimum Gasteiger partial charge on any atom is -0.486 e. The zero-order chi connectivity index (χ0) is 30.5. The molecule has 9 heteroatoms. The van der Waals surface area contributed by atoms with Crippen molar-refractivity contribution in [2.75, 3.05) is 26.2 Å². The molecule has 3 aromatic carbocycles. The first kappa shape index (κ1) is 29.7. The van der Waals surface area contributed by atoms with E-state index < -0.39 is 23.1 Å². The van der Waals surface area contributed by atoms with Gasteiger partial charge in [0.15, 0.2) is 11.6 Å². The summed E-state index contributed by atoms with van der Waals surface area (Å²) >= 11 is 0. The number of amides is 2. The van der Waals surface area contributed by atoms with Crippen LogP contribution in [0.25, 0.3) is 22.2 Å². The number of fused-ring (bicyclic) bond motifs is 1. The number of aromatic nitrogens is 1. The molecule has 0 spiro atoms. The van der Waals surface area contributed by atoms with E-state index in [-0.39, 0.29) is 31.1 Å². The SMILES string of the molecule is O=C(NO)[C@H]1C[C@]1(Cc1ccc(OCc2cc(-c3ccccc3)nc3ccccc23)c(F)c1)C(=O)NCCN1CCCCC1. The molecule has 8 nitrogen and oxygen atoms in total. The van der Waals surface area contributed by atoms with Gasteiger partial charge in [0.1, 0.15) is 6.61 Å². The van der Waals surface area contributed by atoms with Crippen molar-refractivity contribution in [3.63, 3.8) is 0 Å². The molecule has 1 saturated heterocycles. The van der Waals surface area contributed by atoms with E-state index in [0.717, 1.165) is 60.2 Å². The molecule has 1 aromatic heterocycles. The molecule has 0 radical (unpaired) electrons. The molecule has 2 heterocycles. The lowest BCUT2D eigenvalue weighted by molar-refractivity contribution is -0.135. The third kappa shape index (κ3) is 6.44. The Labute approximate surface area is 256 Å². The van der Waals surface area contributed by atoms with Crippen molar-refractivity contribution in [3.8, 4) is 17.0 Å². The second kappa shape index (κ2) is 13.1. The third-order valence-corrected chi connectivity index (χ3v) is 8.89. The van der Waals surface area contributed by atoms with Gasteiger partial charge in [-0.05, 0) is 68.6 Å². The number of hydroxylamine groups is 1. The Bertz CT molecular complexity index is 1640. The summed E-state index contributed by atoms with van der Waals surface area (Å²) in [4.78, 5) is 32.8. The zero-order valence-corrected chi connectivity index (χ0v) is 24.6. The molecule has 1 aliphatic carbocycles. The van der Waals surface area contributed by atoms with Crippen LogP contribution < -0.4 is 15.5 Å². The fraction of sp³-hybridized carbons (Fsp3) is 0.343. The number of rotatable bonds is 11. The number of halogens is 1. The molecule has 0 bridgehead atoms. The Morgan fingerprint density at radius 1 is 1.00 bits per heavy atom. The smallest absolute Gasteiger partial charge is 0.247 e. The van der Waals surface area contributed by atoms with E-state index in [0.29, 0.717) is 12.1 Å². The van der Waals surface area contributed by atoms with Gasteiger partial charge in [0.2, 0.25) is 11.8 Å². The van der Waals surface area contributed by atoms with Gasteiger partial charge in [-0.1, -0.05) is 61.0 Å². The lowest BCUT2D eigenvalue weighted by atomic mass is 9.92. The van der Waals surface area contributed by atoms with E-state index in [4.69, 9.17) is 9.72 Å². The largest absolute Gasteiger partial charge is 0.486 e. The lowest BCUT2D eigenvalue weighted by Crippen LogP contribution is -2.42. The molecule has 3 N–H and O–H groups in total. The van der Waals surface area contributed by atoms with Gasteiger partial charge in [-0.3, -0.25) is 14.8 Å². The number of carbonyl (C=O) groups is 2. The first-order chi connectivity index (χ1) is 21.5. The average Bonchev–Trinajstić information content (AvgIpc) is 3.79. The summed E-state index contributed by atoms with van der Waals surface area (Å²) in [5, 5.41) is 13.2. The minimum atomic E-state index is -1.03. The highest BCUT2D eigenvalue weighted by Gasteiger charge is 2.63. The van der Waals surface area contributed by atoms with Crippen molar-refractivity contribution in [3.05, 3.63) is 95.8 Å². The number of para-hydroxylation sites is 1. The van der Waals surface area contributed by atoms with Gasteiger partial charge in [0, 0.05) is 29.6 Å². The van der Waals surface area contributed by atoms with Crippen molar-refractivity contribution >= 4 is 22.7 Å². The van der Waals surface area contributed by atoms with E-state index in [1.807, 2.05) is 60.7 Å². The Hall–Kier alpha value is -4.34. The lowest BCUT2D eigenvalue weighted by Gasteiger charge is -2.27. The van der Waals surface area contributed by atoms with Gasteiger partial charge in [-0.2, -0.15) is 0 Å². The van der Waals surface area contributed by atoms with Gasteiger partial charge in [-0.25, -0.2) is 14.9 Å². The summed E-state index contributed by atoms with van der Waals surface area (Å²) in [6, 6.07) is 24.3. The molecular weight excluding hydrogens is 559 g/mol. The van der Waals surface area contributed by atoms with Crippen LogP contribution in [0.15, 0.2) is 78.9 Å². The quantitative estimate of drug-likeness (QED) is 0.161. The molecular formula is C35H37FN4O4. The number of hydrogen-bond donors (Lipinski definition) is 3. The molecule has 1 aliphatic heterocycles. The van der Waals surface area contributed by atoms with Gasteiger partial charge in [0.25, 0.3) is 0 Å². The Morgan fingerprint density at radius 3 is 2.55 bits per heavy atom. The van der Waals surface area contributed by atoms with Crippen LogP contribution in [-0.2, 0) is 22.6 Å². The molecule has 2 atom stereocenters. The van der Waals surface area contributed by atoms with Crippen LogP contribution in [0.2, 0.25) is 0 Å². The molecule has 1 saturated carbocycles. The molecule has 2 amide bonds. The second-order valence-electron chi connectivity index (χ2n) is 11.8. The highest BCUT2D eigenvalue weighted by Crippen LogP contribution is 2.55. The summed E-state index contributed by atoms with van der Waals surface area (Å²) in [7, 11) is 0. The fourth-order valence-electron chi connectivity index (χ4n) is 6.35.